The maximum Gasteiger partial charge on any atom is 0.391 e. The lowest BCUT2D eigenvalue weighted by atomic mass is 9.84. The first-order chi connectivity index (χ1) is 8.21. The fourth-order valence-corrected chi connectivity index (χ4v) is 3.56. The van der Waals surface area contributed by atoms with Crippen LogP contribution < -0.4 is 0 Å². The lowest BCUT2D eigenvalue weighted by Gasteiger charge is -2.38. The molecule has 0 heterocycles. The molecule has 1 aliphatic carbocycles. The van der Waals surface area contributed by atoms with Crippen LogP contribution in [0.3, 0.4) is 0 Å². The maximum atomic E-state index is 12.7. The molecule has 18 heavy (non-hydrogen) atoms. The highest BCUT2D eigenvalue weighted by atomic mass is 32.2. The maximum absolute atomic E-state index is 12.7. The third-order valence-corrected chi connectivity index (χ3v) is 4.81. The number of rotatable bonds is 4. The van der Waals surface area contributed by atoms with Crippen LogP contribution in [-0.2, 0) is 10.8 Å². The van der Waals surface area contributed by atoms with E-state index in [1.54, 1.807) is 6.26 Å². The SMILES string of the molecule is C[C@H](C[S@](C)=O)N(C)[C@@H]1CCC[C@@H](C(F)(F)F)C1. The Morgan fingerprint density at radius 3 is 2.50 bits per heavy atom. The fraction of sp³-hybridized carbons (Fsp3) is 1.00. The van der Waals surface area contributed by atoms with Crippen molar-refractivity contribution in [2.45, 2.75) is 50.9 Å². The Labute approximate surface area is 109 Å². The van der Waals surface area contributed by atoms with Gasteiger partial charge in [-0.1, -0.05) is 6.42 Å². The molecule has 108 valence electrons. The second-order valence-corrected chi connectivity index (χ2v) is 6.79. The Hall–Kier alpha value is -0.100. The molecule has 0 aromatic heterocycles. The van der Waals surface area contributed by atoms with Crippen molar-refractivity contribution in [3.63, 3.8) is 0 Å². The van der Waals surface area contributed by atoms with Crippen molar-refractivity contribution in [3.05, 3.63) is 0 Å². The molecule has 0 bridgehead atoms. The van der Waals surface area contributed by atoms with Crippen molar-refractivity contribution >= 4 is 10.8 Å². The van der Waals surface area contributed by atoms with Gasteiger partial charge in [0.25, 0.3) is 0 Å². The van der Waals surface area contributed by atoms with E-state index in [4.69, 9.17) is 0 Å². The topological polar surface area (TPSA) is 20.3 Å². The van der Waals surface area contributed by atoms with Gasteiger partial charge in [0, 0.05) is 34.9 Å². The van der Waals surface area contributed by atoms with E-state index in [1.165, 1.54) is 0 Å². The van der Waals surface area contributed by atoms with Gasteiger partial charge in [0.1, 0.15) is 0 Å². The molecule has 0 aromatic carbocycles. The Balaban J connectivity index is 2.58. The molecule has 1 saturated carbocycles. The number of halogens is 3. The first-order valence-electron chi connectivity index (χ1n) is 6.30. The highest BCUT2D eigenvalue weighted by molar-refractivity contribution is 7.84. The van der Waals surface area contributed by atoms with Crippen molar-refractivity contribution in [3.8, 4) is 0 Å². The Morgan fingerprint density at radius 2 is 2.00 bits per heavy atom. The lowest BCUT2D eigenvalue weighted by molar-refractivity contribution is -0.186. The number of alkyl halides is 3. The van der Waals surface area contributed by atoms with Crippen LogP contribution in [0.2, 0.25) is 0 Å². The third kappa shape index (κ3) is 4.53. The summed E-state index contributed by atoms with van der Waals surface area (Å²) in [6.07, 6.45) is -0.576. The van der Waals surface area contributed by atoms with Gasteiger partial charge >= 0.3 is 6.18 Å². The fourth-order valence-electron chi connectivity index (χ4n) is 2.65. The molecule has 0 unspecified atom stereocenters. The van der Waals surface area contributed by atoms with E-state index in [9.17, 15) is 17.4 Å². The summed E-state index contributed by atoms with van der Waals surface area (Å²) in [5, 5.41) is 0. The molecule has 0 spiro atoms. The molecule has 0 saturated heterocycles. The molecule has 0 amide bonds. The van der Waals surface area contributed by atoms with Crippen molar-refractivity contribution in [2.75, 3.05) is 19.1 Å². The van der Waals surface area contributed by atoms with E-state index in [0.29, 0.717) is 12.2 Å². The van der Waals surface area contributed by atoms with Crippen LogP contribution in [0.4, 0.5) is 13.2 Å². The zero-order valence-corrected chi connectivity index (χ0v) is 12.0. The Bertz CT molecular complexity index is 296. The molecule has 1 rings (SSSR count). The average Bonchev–Trinajstić information content (AvgIpc) is 2.26. The predicted octanol–water partition coefficient (Wildman–Crippen LogP) is 2.81. The second-order valence-electron chi connectivity index (χ2n) is 5.31. The van der Waals surface area contributed by atoms with E-state index in [-0.39, 0.29) is 24.9 Å². The van der Waals surface area contributed by atoms with Crippen LogP contribution in [0, 0.1) is 5.92 Å². The van der Waals surface area contributed by atoms with Gasteiger partial charge in [-0.25, -0.2) is 0 Å². The van der Waals surface area contributed by atoms with E-state index in [1.807, 2.05) is 18.9 Å². The van der Waals surface area contributed by atoms with Crippen LogP contribution in [0.1, 0.15) is 32.6 Å². The minimum atomic E-state index is -4.07. The van der Waals surface area contributed by atoms with Gasteiger partial charge in [0.05, 0.1) is 5.92 Å². The normalized spacial score (nSPS) is 29.3. The zero-order chi connectivity index (χ0) is 13.9. The van der Waals surface area contributed by atoms with E-state index < -0.39 is 22.9 Å². The summed E-state index contributed by atoms with van der Waals surface area (Å²) >= 11 is 0. The molecule has 1 aliphatic rings. The standard InChI is InChI=1S/C12H22F3NOS/c1-9(8-18(3)17)16(2)11-6-4-5-10(7-11)12(13,14)15/h9-11H,4-8H2,1-3H3/t9-,10-,11-,18+/m1/s1. The van der Waals surface area contributed by atoms with Gasteiger partial charge in [-0.3, -0.25) is 9.11 Å². The van der Waals surface area contributed by atoms with Crippen LogP contribution >= 0.6 is 0 Å². The molecule has 4 atom stereocenters. The summed E-state index contributed by atoms with van der Waals surface area (Å²) in [5.74, 6) is -0.651. The first-order valence-corrected chi connectivity index (χ1v) is 8.03. The smallest absolute Gasteiger partial charge is 0.300 e. The minimum Gasteiger partial charge on any atom is -0.300 e. The molecule has 1 fully saturated rings. The zero-order valence-electron chi connectivity index (χ0n) is 11.2. The first kappa shape index (κ1) is 16.0. The molecule has 0 radical (unpaired) electrons. The molecule has 0 aliphatic heterocycles. The number of hydrogen-bond donors (Lipinski definition) is 0. The summed E-state index contributed by atoms with van der Waals surface area (Å²) < 4.78 is 49.3. The van der Waals surface area contributed by atoms with Gasteiger partial charge in [-0.05, 0) is 33.2 Å². The van der Waals surface area contributed by atoms with Gasteiger partial charge in [0.15, 0.2) is 0 Å². The summed E-state index contributed by atoms with van der Waals surface area (Å²) in [6.45, 7) is 1.93. The molecule has 2 nitrogen and oxygen atoms in total. The number of hydrogen-bond acceptors (Lipinski definition) is 2. The van der Waals surface area contributed by atoms with E-state index in [0.717, 1.165) is 6.42 Å². The molecule has 0 aromatic rings. The van der Waals surface area contributed by atoms with Crippen molar-refractivity contribution in [2.24, 2.45) is 5.92 Å². The molecular weight excluding hydrogens is 263 g/mol. The largest absolute Gasteiger partial charge is 0.391 e. The van der Waals surface area contributed by atoms with Crippen molar-refractivity contribution in [1.29, 1.82) is 0 Å². The van der Waals surface area contributed by atoms with Gasteiger partial charge < -0.3 is 0 Å². The lowest BCUT2D eigenvalue weighted by Crippen LogP contribution is -2.45. The Kier molecular flexibility index (Phi) is 5.65. The minimum absolute atomic E-state index is 0.0380. The highest BCUT2D eigenvalue weighted by Gasteiger charge is 2.43. The van der Waals surface area contributed by atoms with E-state index >= 15 is 0 Å². The van der Waals surface area contributed by atoms with Crippen LogP contribution in [-0.4, -0.2) is 46.4 Å². The van der Waals surface area contributed by atoms with Crippen molar-refractivity contribution < 1.29 is 17.4 Å². The summed E-state index contributed by atoms with van der Waals surface area (Å²) in [6, 6.07) is 0.0248. The molecule has 0 N–H and O–H groups in total. The van der Waals surface area contributed by atoms with E-state index in [2.05, 4.69) is 0 Å². The predicted molar refractivity (Wildman–Crippen MR) is 68.0 cm³/mol. The van der Waals surface area contributed by atoms with Gasteiger partial charge in [-0.15, -0.1) is 0 Å². The summed E-state index contributed by atoms with van der Waals surface area (Å²) in [4.78, 5) is 1.97. The Morgan fingerprint density at radius 1 is 1.39 bits per heavy atom. The van der Waals surface area contributed by atoms with Crippen LogP contribution in [0.15, 0.2) is 0 Å². The summed E-state index contributed by atoms with van der Waals surface area (Å²) in [7, 11) is 0.938. The average molecular weight is 285 g/mol. The van der Waals surface area contributed by atoms with Gasteiger partial charge in [-0.2, -0.15) is 13.2 Å². The second kappa shape index (κ2) is 6.37. The quantitative estimate of drug-likeness (QED) is 0.791. The van der Waals surface area contributed by atoms with Crippen LogP contribution in [0.25, 0.3) is 0 Å². The molecule has 6 heteroatoms. The van der Waals surface area contributed by atoms with Crippen molar-refractivity contribution in [1.82, 2.24) is 4.90 Å². The highest BCUT2D eigenvalue weighted by Crippen LogP contribution is 2.39. The summed E-state index contributed by atoms with van der Waals surface area (Å²) in [5.41, 5.74) is 0. The van der Waals surface area contributed by atoms with Crippen LogP contribution in [0.5, 0.6) is 0 Å². The molecular formula is C12H22F3NOS. The monoisotopic (exact) mass is 285 g/mol. The third-order valence-electron chi connectivity index (χ3n) is 3.86. The van der Waals surface area contributed by atoms with Gasteiger partial charge in [0.2, 0.25) is 0 Å². The number of nitrogens with zero attached hydrogens (tertiary/aromatic N) is 1.